The van der Waals surface area contributed by atoms with Crippen LogP contribution < -0.4 is 4.72 Å². The summed E-state index contributed by atoms with van der Waals surface area (Å²) in [5, 5.41) is 0.908. The Morgan fingerprint density at radius 3 is 2.71 bits per heavy atom. The van der Waals surface area contributed by atoms with Gasteiger partial charge in [0, 0.05) is 11.6 Å². The van der Waals surface area contributed by atoms with Gasteiger partial charge in [0.1, 0.15) is 5.82 Å². The second kappa shape index (κ2) is 4.89. The Labute approximate surface area is 121 Å². The van der Waals surface area contributed by atoms with Crippen LogP contribution in [0.4, 0.5) is 10.1 Å². The molecule has 0 radical (unpaired) electrons. The summed E-state index contributed by atoms with van der Waals surface area (Å²) in [4.78, 5) is 3.03. The van der Waals surface area contributed by atoms with E-state index >= 15 is 0 Å². The molecule has 0 aliphatic rings. The highest BCUT2D eigenvalue weighted by molar-refractivity contribution is 7.92. The molecule has 0 aliphatic carbocycles. The average Bonchev–Trinajstić information content (AvgIpc) is 2.91. The topological polar surface area (TPSA) is 62.0 Å². The summed E-state index contributed by atoms with van der Waals surface area (Å²) in [6.07, 6.45) is 1.74. The third-order valence-corrected chi connectivity index (χ3v) is 4.63. The van der Waals surface area contributed by atoms with E-state index in [1.165, 1.54) is 19.1 Å². The predicted molar refractivity (Wildman–Crippen MR) is 80.2 cm³/mol. The maximum absolute atomic E-state index is 13.3. The number of fused-ring (bicyclic) bond motifs is 1. The van der Waals surface area contributed by atoms with E-state index in [1.807, 2.05) is 12.1 Å². The number of aromatic nitrogens is 1. The van der Waals surface area contributed by atoms with Crippen molar-refractivity contribution < 1.29 is 12.8 Å². The minimum atomic E-state index is -3.76. The molecule has 0 saturated carbocycles. The Kier molecular flexibility index (Phi) is 3.17. The van der Waals surface area contributed by atoms with E-state index in [0.29, 0.717) is 11.2 Å². The minimum absolute atomic E-state index is 0.0324. The highest BCUT2D eigenvalue weighted by atomic mass is 32.2. The van der Waals surface area contributed by atoms with Gasteiger partial charge in [-0.15, -0.1) is 0 Å². The zero-order valence-corrected chi connectivity index (χ0v) is 12.0. The normalized spacial score (nSPS) is 11.7. The van der Waals surface area contributed by atoms with Crippen LogP contribution >= 0.6 is 0 Å². The molecule has 6 heteroatoms. The summed E-state index contributed by atoms with van der Waals surface area (Å²) in [5.74, 6) is -0.430. The Morgan fingerprint density at radius 1 is 1.14 bits per heavy atom. The number of sulfonamides is 1. The number of hydrogen-bond donors (Lipinski definition) is 2. The fourth-order valence-electron chi connectivity index (χ4n) is 2.16. The highest BCUT2D eigenvalue weighted by Gasteiger charge is 2.16. The molecule has 3 aromatic rings. The van der Waals surface area contributed by atoms with Crippen molar-refractivity contribution >= 4 is 26.6 Å². The Hall–Kier alpha value is -2.34. The first kappa shape index (κ1) is 13.6. The molecular formula is C15H13FN2O2S. The number of benzene rings is 2. The molecule has 2 N–H and O–H groups in total. The summed E-state index contributed by atoms with van der Waals surface area (Å²) < 4.78 is 40.6. The van der Waals surface area contributed by atoms with Crippen molar-refractivity contribution in [2.24, 2.45) is 0 Å². The van der Waals surface area contributed by atoms with Crippen LogP contribution in [0.3, 0.4) is 0 Å². The summed E-state index contributed by atoms with van der Waals surface area (Å²) in [7, 11) is -3.76. The van der Waals surface area contributed by atoms with E-state index in [1.54, 1.807) is 18.3 Å². The number of H-pyrrole nitrogens is 1. The number of anilines is 1. The number of para-hydroxylation sites is 1. The van der Waals surface area contributed by atoms with Crippen LogP contribution in [-0.4, -0.2) is 13.4 Å². The zero-order valence-electron chi connectivity index (χ0n) is 11.2. The second-order valence-corrected chi connectivity index (χ2v) is 6.45. The van der Waals surface area contributed by atoms with Crippen molar-refractivity contribution in [2.45, 2.75) is 11.8 Å². The van der Waals surface area contributed by atoms with Gasteiger partial charge in [-0.05, 0) is 42.8 Å². The molecule has 2 aromatic carbocycles. The fraction of sp³-hybridized carbons (Fsp3) is 0.0667. The van der Waals surface area contributed by atoms with Crippen LogP contribution in [0.25, 0.3) is 10.9 Å². The zero-order chi connectivity index (χ0) is 15.0. The van der Waals surface area contributed by atoms with Crippen molar-refractivity contribution in [3.63, 3.8) is 0 Å². The van der Waals surface area contributed by atoms with Gasteiger partial charge in [-0.3, -0.25) is 4.72 Å². The number of aromatic amines is 1. The first-order valence-corrected chi connectivity index (χ1v) is 7.81. The van der Waals surface area contributed by atoms with Gasteiger partial charge in [0.25, 0.3) is 10.0 Å². The lowest BCUT2D eigenvalue weighted by atomic mass is 10.2. The molecule has 1 heterocycles. The third kappa shape index (κ3) is 2.50. The molecule has 0 bridgehead atoms. The molecule has 3 rings (SSSR count). The molecule has 21 heavy (non-hydrogen) atoms. The minimum Gasteiger partial charge on any atom is -0.359 e. The third-order valence-electron chi connectivity index (χ3n) is 3.27. The number of nitrogens with one attached hydrogen (secondary N) is 2. The SMILES string of the molecule is Cc1cc(S(=O)(=O)Nc2cccc3cc[nH]c23)ccc1F. The van der Waals surface area contributed by atoms with Gasteiger partial charge < -0.3 is 4.98 Å². The second-order valence-electron chi connectivity index (χ2n) is 4.76. The monoisotopic (exact) mass is 304 g/mol. The van der Waals surface area contributed by atoms with Crippen molar-refractivity contribution in [3.05, 3.63) is 60.0 Å². The summed E-state index contributed by atoms with van der Waals surface area (Å²) in [6.45, 7) is 1.53. The molecule has 0 spiro atoms. The first-order chi connectivity index (χ1) is 9.97. The molecule has 108 valence electrons. The van der Waals surface area contributed by atoms with Gasteiger partial charge in [0.15, 0.2) is 0 Å². The lowest BCUT2D eigenvalue weighted by Crippen LogP contribution is -2.13. The smallest absolute Gasteiger partial charge is 0.261 e. The number of aryl methyl sites for hydroxylation is 1. The maximum atomic E-state index is 13.3. The van der Waals surface area contributed by atoms with Crippen LogP contribution in [0.1, 0.15) is 5.56 Å². The van der Waals surface area contributed by atoms with Crippen LogP contribution in [0.2, 0.25) is 0 Å². The molecule has 0 saturated heterocycles. The van der Waals surface area contributed by atoms with Gasteiger partial charge in [-0.25, -0.2) is 12.8 Å². The Bertz CT molecular complexity index is 916. The molecule has 1 aromatic heterocycles. The number of rotatable bonds is 3. The van der Waals surface area contributed by atoms with E-state index in [0.717, 1.165) is 11.5 Å². The van der Waals surface area contributed by atoms with Gasteiger partial charge in [0.2, 0.25) is 0 Å². The lowest BCUT2D eigenvalue weighted by Gasteiger charge is -2.10. The predicted octanol–water partition coefficient (Wildman–Crippen LogP) is 3.42. The van der Waals surface area contributed by atoms with Gasteiger partial charge >= 0.3 is 0 Å². The van der Waals surface area contributed by atoms with E-state index in [4.69, 9.17) is 0 Å². The molecule has 0 amide bonds. The van der Waals surface area contributed by atoms with Crippen molar-refractivity contribution in [3.8, 4) is 0 Å². The molecule has 0 atom stereocenters. The van der Waals surface area contributed by atoms with Crippen molar-refractivity contribution in [2.75, 3.05) is 4.72 Å². The molecule has 0 aliphatic heterocycles. The van der Waals surface area contributed by atoms with Crippen LogP contribution in [-0.2, 0) is 10.0 Å². The summed E-state index contributed by atoms with van der Waals surface area (Å²) in [6, 6.07) is 10.9. The number of halogens is 1. The fourth-order valence-corrected chi connectivity index (χ4v) is 3.31. The van der Waals surface area contributed by atoms with E-state index in [-0.39, 0.29) is 10.5 Å². The van der Waals surface area contributed by atoms with Crippen LogP contribution in [0.5, 0.6) is 0 Å². The van der Waals surface area contributed by atoms with E-state index in [2.05, 4.69) is 9.71 Å². The maximum Gasteiger partial charge on any atom is 0.261 e. The van der Waals surface area contributed by atoms with Gasteiger partial charge in [-0.2, -0.15) is 0 Å². The Balaban J connectivity index is 2.03. The van der Waals surface area contributed by atoms with Crippen LogP contribution in [0.15, 0.2) is 53.6 Å². The first-order valence-electron chi connectivity index (χ1n) is 6.32. The lowest BCUT2D eigenvalue weighted by molar-refractivity contribution is 0.598. The standard InChI is InChI=1S/C15H13FN2O2S/c1-10-9-12(5-6-13(10)16)21(19,20)18-14-4-2-3-11-7-8-17-15(11)14/h2-9,17-18H,1H3. The number of hydrogen-bond acceptors (Lipinski definition) is 2. The molecular weight excluding hydrogens is 291 g/mol. The molecule has 4 nitrogen and oxygen atoms in total. The highest BCUT2D eigenvalue weighted by Crippen LogP contribution is 2.25. The van der Waals surface area contributed by atoms with Crippen molar-refractivity contribution in [1.29, 1.82) is 0 Å². The quantitative estimate of drug-likeness (QED) is 0.779. The van der Waals surface area contributed by atoms with E-state index < -0.39 is 15.8 Å². The van der Waals surface area contributed by atoms with Crippen molar-refractivity contribution in [1.82, 2.24) is 4.98 Å². The average molecular weight is 304 g/mol. The van der Waals surface area contributed by atoms with Gasteiger partial charge in [-0.1, -0.05) is 12.1 Å². The van der Waals surface area contributed by atoms with Crippen LogP contribution in [0, 0.1) is 12.7 Å². The summed E-state index contributed by atoms with van der Waals surface area (Å²) >= 11 is 0. The molecule has 0 fully saturated rings. The van der Waals surface area contributed by atoms with E-state index in [9.17, 15) is 12.8 Å². The Morgan fingerprint density at radius 2 is 1.95 bits per heavy atom. The summed E-state index contributed by atoms with van der Waals surface area (Å²) in [5.41, 5.74) is 1.45. The largest absolute Gasteiger partial charge is 0.359 e. The molecule has 0 unspecified atom stereocenters. The van der Waals surface area contributed by atoms with Gasteiger partial charge in [0.05, 0.1) is 16.1 Å².